The fourth-order valence-electron chi connectivity index (χ4n) is 4.23. The summed E-state index contributed by atoms with van der Waals surface area (Å²) in [4.78, 5) is 27.8. The molecule has 1 aliphatic heterocycles. The van der Waals surface area contributed by atoms with Gasteiger partial charge in [0.1, 0.15) is 6.04 Å². The zero-order valence-corrected chi connectivity index (χ0v) is 19.6. The number of carbonyl (C=O) groups excluding carboxylic acids is 2. The molecule has 0 radical (unpaired) electrons. The quantitative estimate of drug-likeness (QED) is 0.624. The number of nitrogens with one attached hydrogen (secondary N) is 2. The molecule has 1 aliphatic rings. The molecule has 2 amide bonds. The Morgan fingerprint density at radius 3 is 2.31 bits per heavy atom. The molecule has 172 valence electrons. The minimum Gasteiger partial charge on any atom is -0.350 e. The summed E-state index contributed by atoms with van der Waals surface area (Å²) in [5.74, 6) is -0.280. The minimum absolute atomic E-state index is 0.00336. The lowest BCUT2D eigenvalue weighted by molar-refractivity contribution is -0.129. The third-order valence-corrected chi connectivity index (χ3v) is 6.29. The number of benzene rings is 2. The van der Waals surface area contributed by atoms with Crippen LogP contribution >= 0.6 is 0 Å². The number of rotatable bonds is 9. The lowest BCUT2D eigenvalue weighted by Crippen LogP contribution is -2.49. The number of likely N-dealkylation sites (tertiary alicyclic amines) is 1. The summed E-state index contributed by atoms with van der Waals surface area (Å²) in [6.07, 6.45) is 4.17. The van der Waals surface area contributed by atoms with Crippen molar-refractivity contribution in [3.63, 3.8) is 0 Å². The number of nitrogens with zero attached hydrogens (tertiary/aromatic N) is 1. The molecular formula is C27H37N3O2. The van der Waals surface area contributed by atoms with E-state index < -0.39 is 6.04 Å². The van der Waals surface area contributed by atoms with Crippen molar-refractivity contribution in [2.45, 2.75) is 71.6 Å². The van der Waals surface area contributed by atoms with Gasteiger partial charge in [0.05, 0.1) is 6.42 Å². The number of hydrogen-bond donors (Lipinski definition) is 2. The highest BCUT2D eigenvalue weighted by molar-refractivity contribution is 5.88. The van der Waals surface area contributed by atoms with E-state index in [9.17, 15) is 9.59 Å². The van der Waals surface area contributed by atoms with Crippen molar-refractivity contribution < 1.29 is 9.59 Å². The molecule has 2 atom stereocenters. The van der Waals surface area contributed by atoms with Crippen LogP contribution in [0.25, 0.3) is 0 Å². The summed E-state index contributed by atoms with van der Waals surface area (Å²) in [6, 6.07) is 18.2. The smallest absolute Gasteiger partial charge is 0.243 e. The topological polar surface area (TPSA) is 61.4 Å². The monoisotopic (exact) mass is 435 g/mol. The molecule has 1 fully saturated rings. The van der Waals surface area contributed by atoms with Crippen molar-refractivity contribution in [1.82, 2.24) is 15.5 Å². The number of hydrogen-bond acceptors (Lipinski definition) is 3. The van der Waals surface area contributed by atoms with E-state index in [0.717, 1.165) is 17.7 Å². The fourth-order valence-corrected chi connectivity index (χ4v) is 4.23. The minimum atomic E-state index is -0.550. The Morgan fingerprint density at radius 1 is 0.969 bits per heavy atom. The predicted octanol–water partition coefficient (Wildman–Crippen LogP) is 4.06. The van der Waals surface area contributed by atoms with Gasteiger partial charge in [-0.25, -0.2) is 0 Å². The van der Waals surface area contributed by atoms with Gasteiger partial charge in [0.2, 0.25) is 11.8 Å². The molecule has 0 aliphatic carbocycles. The Bertz CT molecular complexity index is 864. The van der Waals surface area contributed by atoms with Crippen molar-refractivity contribution in [2.24, 2.45) is 5.92 Å². The van der Waals surface area contributed by atoms with Crippen molar-refractivity contribution in [3.05, 3.63) is 71.3 Å². The largest absolute Gasteiger partial charge is 0.350 e. The summed E-state index contributed by atoms with van der Waals surface area (Å²) in [7, 11) is 0. The molecule has 0 bridgehead atoms. The molecule has 1 heterocycles. The average Bonchev–Trinajstić information content (AvgIpc) is 2.79. The standard InChI is InChI=1S/C27H37N3O2/c1-20(2)26(29-25(31)17-22-10-5-4-6-11-22)27(32)28-18-23-12-14-24(15-13-23)19-30-16-8-7-9-21(30)3/h4-6,10-15,20-21,26H,7-9,16-19H2,1-3H3,(H,28,32)(H,29,31). The van der Waals surface area contributed by atoms with E-state index in [-0.39, 0.29) is 24.2 Å². The Hall–Kier alpha value is -2.66. The van der Waals surface area contributed by atoms with Crippen LogP contribution < -0.4 is 10.6 Å². The molecule has 32 heavy (non-hydrogen) atoms. The molecule has 5 nitrogen and oxygen atoms in total. The zero-order chi connectivity index (χ0) is 22.9. The molecule has 0 saturated carbocycles. The van der Waals surface area contributed by atoms with E-state index in [1.54, 1.807) is 0 Å². The van der Waals surface area contributed by atoms with Crippen LogP contribution in [0.5, 0.6) is 0 Å². The van der Waals surface area contributed by atoms with E-state index in [4.69, 9.17) is 0 Å². The van der Waals surface area contributed by atoms with Crippen molar-refractivity contribution in [3.8, 4) is 0 Å². The van der Waals surface area contributed by atoms with Crippen LogP contribution in [0.2, 0.25) is 0 Å². The maximum absolute atomic E-state index is 12.8. The molecule has 0 spiro atoms. The number of carbonyl (C=O) groups is 2. The van der Waals surface area contributed by atoms with Gasteiger partial charge in [-0.1, -0.05) is 74.9 Å². The van der Waals surface area contributed by atoms with Crippen molar-refractivity contribution >= 4 is 11.8 Å². The number of piperidine rings is 1. The normalized spacial score (nSPS) is 17.7. The van der Waals surface area contributed by atoms with Gasteiger partial charge < -0.3 is 10.6 Å². The van der Waals surface area contributed by atoms with E-state index in [1.807, 2.05) is 44.2 Å². The van der Waals surface area contributed by atoms with Gasteiger partial charge >= 0.3 is 0 Å². The first-order valence-electron chi connectivity index (χ1n) is 11.8. The van der Waals surface area contributed by atoms with Gasteiger partial charge in [-0.15, -0.1) is 0 Å². The number of amides is 2. The Morgan fingerprint density at radius 2 is 1.66 bits per heavy atom. The third kappa shape index (κ3) is 7.20. The lowest BCUT2D eigenvalue weighted by atomic mass is 10.0. The Balaban J connectivity index is 1.49. The van der Waals surface area contributed by atoms with Crippen LogP contribution in [-0.4, -0.2) is 35.3 Å². The first-order chi connectivity index (χ1) is 15.4. The first-order valence-corrected chi connectivity index (χ1v) is 11.8. The summed E-state index contributed by atoms with van der Waals surface area (Å²) in [6.45, 7) is 8.82. The maximum Gasteiger partial charge on any atom is 0.243 e. The summed E-state index contributed by atoms with van der Waals surface area (Å²) >= 11 is 0. The second kappa shape index (κ2) is 11.8. The highest BCUT2D eigenvalue weighted by Gasteiger charge is 2.24. The Labute approximate surface area is 192 Å². The molecule has 2 aromatic rings. The van der Waals surface area contributed by atoms with Gasteiger partial charge in [0, 0.05) is 19.1 Å². The van der Waals surface area contributed by atoms with E-state index >= 15 is 0 Å². The van der Waals surface area contributed by atoms with Crippen LogP contribution in [0.3, 0.4) is 0 Å². The SMILES string of the molecule is CC(C)C(NC(=O)Cc1ccccc1)C(=O)NCc1ccc(CN2CCCCC2C)cc1. The van der Waals surface area contributed by atoms with E-state index in [0.29, 0.717) is 12.6 Å². The highest BCUT2D eigenvalue weighted by atomic mass is 16.2. The van der Waals surface area contributed by atoms with Gasteiger partial charge in [-0.2, -0.15) is 0 Å². The molecular weight excluding hydrogens is 398 g/mol. The molecule has 3 rings (SSSR count). The summed E-state index contributed by atoms with van der Waals surface area (Å²) in [5, 5.41) is 5.90. The molecule has 5 heteroatoms. The molecule has 2 N–H and O–H groups in total. The molecule has 2 unspecified atom stereocenters. The van der Waals surface area contributed by atoms with Gasteiger partial charge in [-0.3, -0.25) is 14.5 Å². The van der Waals surface area contributed by atoms with Crippen molar-refractivity contribution in [2.75, 3.05) is 6.54 Å². The second-order valence-corrected chi connectivity index (χ2v) is 9.30. The highest BCUT2D eigenvalue weighted by Crippen LogP contribution is 2.19. The van der Waals surface area contributed by atoms with Crippen LogP contribution in [0.4, 0.5) is 0 Å². The molecule has 0 aromatic heterocycles. The van der Waals surface area contributed by atoms with Gasteiger partial charge in [0.25, 0.3) is 0 Å². The molecule has 1 saturated heterocycles. The van der Waals surface area contributed by atoms with E-state index in [2.05, 4.69) is 46.7 Å². The van der Waals surface area contributed by atoms with Crippen molar-refractivity contribution in [1.29, 1.82) is 0 Å². The van der Waals surface area contributed by atoms with Crippen LogP contribution in [-0.2, 0) is 29.1 Å². The first kappa shape index (κ1) is 24.0. The van der Waals surface area contributed by atoms with Gasteiger partial charge in [-0.05, 0) is 48.9 Å². The lowest BCUT2D eigenvalue weighted by Gasteiger charge is -2.33. The average molecular weight is 436 g/mol. The fraction of sp³-hybridized carbons (Fsp3) is 0.481. The van der Waals surface area contributed by atoms with Gasteiger partial charge in [0.15, 0.2) is 0 Å². The van der Waals surface area contributed by atoms with Crippen LogP contribution in [0, 0.1) is 5.92 Å². The second-order valence-electron chi connectivity index (χ2n) is 9.30. The Kier molecular flexibility index (Phi) is 8.86. The van der Waals surface area contributed by atoms with Crippen LogP contribution in [0.15, 0.2) is 54.6 Å². The maximum atomic E-state index is 12.8. The third-order valence-electron chi connectivity index (χ3n) is 6.29. The van der Waals surface area contributed by atoms with E-state index in [1.165, 1.54) is 31.4 Å². The van der Waals surface area contributed by atoms with Crippen LogP contribution in [0.1, 0.15) is 56.7 Å². The zero-order valence-electron chi connectivity index (χ0n) is 19.6. The summed E-state index contributed by atoms with van der Waals surface area (Å²) in [5.41, 5.74) is 3.31. The summed E-state index contributed by atoms with van der Waals surface area (Å²) < 4.78 is 0. The molecule has 2 aromatic carbocycles. The predicted molar refractivity (Wildman–Crippen MR) is 129 cm³/mol.